The van der Waals surface area contributed by atoms with Crippen LogP contribution in [-0.2, 0) is 21.3 Å². The lowest BCUT2D eigenvalue weighted by Crippen LogP contribution is -2.47. The number of hydrogen-bond donors (Lipinski definition) is 2. The van der Waals surface area contributed by atoms with E-state index >= 15 is 0 Å². The fourth-order valence-electron chi connectivity index (χ4n) is 5.88. The van der Waals surface area contributed by atoms with E-state index in [1.807, 2.05) is 58.7 Å². The van der Waals surface area contributed by atoms with Gasteiger partial charge in [0.2, 0.25) is 10.0 Å². The van der Waals surface area contributed by atoms with Gasteiger partial charge < -0.3 is 24.7 Å². The number of H-pyrrole nitrogens is 1. The van der Waals surface area contributed by atoms with E-state index in [-0.39, 0.29) is 29.1 Å². The molecule has 2 aromatic carbocycles. The van der Waals surface area contributed by atoms with Gasteiger partial charge in [0.1, 0.15) is 18.0 Å². The monoisotopic (exact) mass is 610 g/mol. The maximum absolute atomic E-state index is 14.3. The molecule has 2 aliphatic rings. The summed E-state index contributed by atoms with van der Waals surface area (Å²) >= 11 is 0. The highest BCUT2D eigenvalue weighted by Crippen LogP contribution is 2.36. The van der Waals surface area contributed by atoms with Gasteiger partial charge in [-0.2, -0.15) is 4.31 Å². The minimum atomic E-state index is -4.03. The Morgan fingerprint density at radius 1 is 1.12 bits per heavy atom. The quantitative estimate of drug-likeness (QED) is 0.403. The molecular formula is C32H42N4O6S. The molecule has 0 radical (unpaired) electrons. The van der Waals surface area contributed by atoms with Crippen LogP contribution < -0.4 is 20.5 Å². The summed E-state index contributed by atoms with van der Waals surface area (Å²) in [5.74, 6) is 0.523. The van der Waals surface area contributed by atoms with Crippen molar-refractivity contribution >= 4 is 32.7 Å². The number of fused-ring (bicyclic) bond motifs is 2. The SMILES string of the molecule is Cc1ccc2cc(CN(C3CCC(NC(=O)OC(C)(C)C)CC3)S(=O)(=O)c3ccc4c(c3)OCCN4C)c(=O)[nH]c2c1C. The van der Waals surface area contributed by atoms with Gasteiger partial charge in [0.05, 0.1) is 22.6 Å². The predicted octanol–water partition coefficient (Wildman–Crippen LogP) is 5.00. The third kappa shape index (κ3) is 6.67. The molecule has 0 unspecified atom stereocenters. The second-order valence-corrected chi connectivity index (χ2v) is 14.6. The van der Waals surface area contributed by atoms with Crippen molar-refractivity contribution in [3.8, 4) is 5.75 Å². The Hall–Kier alpha value is -3.57. The number of nitrogens with zero attached hydrogens (tertiary/aromatic N) is 2. The molecule has 2 N–H and O–H groups in total. The van der Waals surface area contributed by atoms with E-state index in [1.54, 1.807) is 24.3 Å². The number of hydrogen-bond acceptors (Lipinski definition) is 7. The third-order valence-corrected chi connectivity index (χ3v) is 10.3. The Bertz CT molecular complexity index is 1690. The van der Waals surface area contributed by atoms with E-state index in [0.717, 1.165) is 34.3 Å². The van der Waals surface area contributed by atoms with Crippen LogP contribution in [0.15, 0.2) is 46.1 Å². The Kier molecular flexibility index (Phi) is 8.50. The lowest BCUT2D eigenvalue weighted by Gasteiger charge is -2.36. The number of amides is 1. The lowest BCUT2D eigenvalue weighted by molar-refractivity contribution is 0.0484. The first-order valence-corrected chi connectivity index (χ1v) is 16.3. The van der Waals surface area contributed by atoms with E-state index in [4.69, 9.17) is 9.47 Å². The molecular weight excluding hydrogens is 568 g/mol. The van der Waals surface area contributed by atoms with E-state index in [2.05, 4.69) is 10.3 Å². The number of nitrogens with one attached hydrogen (secondary N) is 2. The standard InChI is InChI=1S/C32H42N4O6S/c1-20-7-8-22-17-23(30(37)34-29(22)21(20)2)19-36(25-11-9-24(10-12-25)33-31(38)42-32(3,4)5)43(39,40)26-13-14-27-28(18-26)41-16-15-35(27)6/h7-8,13-14,17-18,24-25H,9-12,15-16,19H2,1-6H3,(H,33,38)(H,34,37). The molecule has 0 spiro atoms. The predicted molar refractivity (Wildman–Crippen MR) is 167 cm³/mol. The molecule has 3 aromatic rings. The van der Waals surface area contributed by atoms with Crippen molar-refractivity contribution in [1.82, 2.24) is 14.6 Å². The zero-order chi connectivity index (χ0) is 31.1. The second-order valence-electron chi connectivity index (χ2n) is 12.7. The molecule has 0 bridgehead atoms. The van der Waals surface area contributed by atoms with Crippen LogP contribution in [0.3, 0.4) is 0 Å². The number of sulfonamides is 1. The third-order valence-electron chi connectivity index (χ3n) is 8.41. The summed E-state index contributed by atoms with van der Waals surface area (Å²) in [4.78, 5) is 30.8. The number of alkyl carbamates (subject to hydrolysis) is 1. The first-order valence-electron chi connectivity index (χ1n) is 14.8. The summed E-state index contributed by atoms with van der Waals surface area (Å²) in [7, 11) is -2.08. The largest absolute Gasteiger partial charge is 0.490 e. The highest BCUT2D eigenvalue weighted by atomic mass is 32.2. The number of rotatable bonds is 6. The van der Waals surface area contributed by atoms with Crippen LogP contribution in [0.2, 0.25) is 0 Å². The Balaban J connectivity index is 1.46. The molecule has 0 atom stereocenters. The first kappa shape index (κ1) is 30.9. The van der Waals surface area contributed by atoms with Gasteiger partial charge in [0.25, 0.3) is 5.56 Å². The molecule has 232 valence electrons. The van der Waals surface area contributed by atoms with Crippen LogP contribution in [0.4, 0.5) is 10.5 Å². The molecule has 1 amide bonds. The fourth-order valence-corrected chi connectivity index (χ4v) is 7.56. The number of anilines is 1. The smallest absolute Gasteiger partial charge is 0.407 e. The minimum absolute atomic E-state index is 0.0762. The molecule has 11 heteroatoms. The summed E-state index contributed by atoms with van der Waals surface area (Å²) in [6, 6.07) is 10.2. The highest BCUT2D eigenvalue weighted by Gasteiger charge is 2.36. The Labute approximate surface area is 253 Å². The maximum Gasteiger partial charge on any atom is 0.407 e. The van der Waals surface area contributed by atoms with E-state index < -0.39 is 21.7 Å². The molecule has 1 fully saturated rings. The topological polar surface area (TPSA) is 121 Å². The number of carbonyl (C=O) groups is 1. The zero-order valence-electron chi connectivity index (χ0n) is 25.8. The number of aromatic nitrogens is 1. The number of likely N-dealkylation sites (N-methyl/N-ethyl adjacent to an activating group) is 1. The molecule has 1 aromatic heterocycles. The molecule has 1 saturated carbocycles. The zero-order valence-corrected chi connectivity index (χ0v) is 26.6. The van der Waals surface area contributed by atoms with Crippen molar-refractivity contribution in [2.75, 3.05) is 25.1 Å². The van der Waals surface area contributed by atoms with Gasteiger partial charge in [0, 0.05) is 37.3 Å². The first-order chi connectivity index (χ1) is 20.2. The van der Waals surface area contributed by atoms with Crippen LogP contribution >= 0.6 is 0 Å². The number of aryl methyl sites for hydroxylation is 2. The van der Waals surface area contributed by atoms with Gasteiger partial charge in [-0.15, -0.1) is 0 Å². The van der Waals surface area contributed by atoms with E-state index in [9.17, 15) is 18.0 Å². The van der Waals surface area contributed by atoms with Crippen LogP contribution in [-0.4, -0.2) is 61.7 Å². The molecule has 10 nitrogen and oxygen atoms in total. The average Bonchev–Trinajstić information content (AvgIpc) is 2.94. The summed E-state index contributed by atoms with van der Waals surface area (Å²) in [6.45, 7) is 10.5. The van der Waals surface area contributed by atoms with Crippen molar-refractivity contribution in [2.24, 2.45) is 0 Å². The summed E-state index contributed by atoms with van der Waals surface area (Å²) in [5.41, 5.74) is 3.11. The number of pyridine rings is 1. The van der Waals surface area contributed by atoms with E-state index in [1.165, 1.54) is 4.31 Å². The van der Waals surface area contributed by atoms with Gasteiger partial charge in [-0.05, 0) is 95.0 Å². The van der Waals surface area contributed by atoms with Crippen LogP contribution in [0.5, 0.6) is 5.75 Å². The molecule has 1 aliphatic carbocycles. The van der Waals surface area contributed by atoms with E-state index in [0.29, 0.717) is 43.6 Å². The Morgan fingerprint density at radius 2 is 1.84 bits per heavy atom. The normalized spacial score (nSPS) is 19.2. The summed E-state index contributed by atoms with van der Waals surface area (Å²) in [5, 5.41) is 3.78. The Morgan fingerprint density at radius 3 is 2.53 bits per heavy atom. The summed E-state index contributed by atoms with van der Waals surface area (Å²) < 4.78 is 41.4. The second kappa shape index (κ2) is 11.8. The van der Waals surface area contributed by atoms with Crippen molar-refractivity contribution in [3.63, 3.8) is 0 Å². The fraction of sp³-hybridized carbons (Fsp3) is 0.500. The van der Waals surface area contributed by atoms with Crippen LogP contribution in [0.1, 0.15) is 63.1 Å². The number of ether oxygens (including phenoxy) is 2. The minimum Gasteiger partial charge on any atom is -0.490 e. The van der Waals surface area contributed by atoms with Gasteiger partial charge in [0.15, 0.2) is 0 Å². The van der Waals surface area contributed by atoms with Crippen LogP contribution in [0.25, 0.3) is 10.9 Å². The van der Waals surface area contributed by atoms with Crippen molar-refractivity contribution < 1.29 is 22.7 Å². The number of benzene rings is 2. The van der Waals surface area contributed by atoms with Crippen molar-refractivity contribution in [1.29, 1.82) is 0 Å². The maximum atomic E-state index is 14.3. The van der Waals surface area contributed by atoms with Gasteiger partial charge in [-0.25, -0.2) is 13.2 Å². The molecule has 0 saturated heterocycles. The molecule has 43 heavy (non-hydrogen) atoms. The van der Waals surface area contributed by atoms with Crippen LogP contribution in [0, 0.1) is 13.8 Å². The molecule has 1 aliphatic heterocycles. The van der Waals surface area contributed by atoms with Crippen molar-refractivity contribution in [3.05, 3.63) is 63.4 Å². The molecule has 2 heterocycles. The highest BCUT2D eigenvalue weighted by molar-refractivity contribution is 7.89. The van der Waals surface area contributed by atoms with Gasteiger partial charge >= 0.3 is 6.09 Å². The number of aromatic amines is 1. The van der Waals surface area contributed by atoms with Crippen molar-refractivity contribution in [2.45, 2.75) is 89.4 Å². The lowest BCUT2D eigenvalue weighted by atomic mass is 9.91. The van der Waals surface area contributed by atoms with Gasteiger partial charge in [-0.1, -0.05) is 12.1 Å². The average molecular weight is 611 g/mol. The number of carbonyl (C=O) groups excluding carboxylic acids is 1. The van der Waals surface area contributed by atoms with Gasteiger partial charge in [-0.3, -0.25) is 4.79 Å². The summed E-state index contributed by atoms with van der Waals surface area (Å²) in [6.07, 6.45) is 1.73. The molecule has 5 rings (SSSR count).